The molecule has 0 fully saturated rings. The van der Waals surface area contributed by atoms with Crippen LogP contribution < -0.4 is 5.32 Å². The van der Waals surface area contributed by atoms with E-state index in [1.807, 2.05) is 0 Å². The predicted molar refractivity (Wildman–Crippen MR) is 65.4 cm³/mol. The van der Waals surface area contributed by atoms with Gasteiger partial charge in [-0.2, -0.15) is 13.2 Å². The Labute approximate surface area is 109 Å². The van der Waals surface area contributed by atoms with E-state index in [1.54, 1.807) is 6.92 Å². The highest BCUT2D eigenvalue weighted by Crippen LogP contribution is 2.26. The van der Waals surface area contributed by atoms with Crippen molar-refractivity contribution in [2.45, 2.75) is 37.9 Å². The summed E-state index contributed by atoms with van der Waals surface area (Å²) < 4.78 is 49.0. The van der Waals surface area contributed by atoms with E-state index in [0.29, 0.717) is 5.69 Å². The summed E-state index contributed by atoms with van der Waals surface area (Å²) in [6.45, 7) is 1.33. The molecule has 1 atom stereocenters. The van der Waals surface area contributed by atoms with Gasteiger partial charge in [0.2, 0.25) is 0 Å². The molecule has 0 aromatic heterocycles. The van der Waals surface area contributed by atoms with Crippen molar-refractivity contribution in [1.82, 2.24) is 0 Å². The van der Waals surface area contributed by atoms with Crippen LogP contribution in [0.2, 0.25) is 0 Å². The van der Waals surface area contributed by atoms with E-state index in [4.69, 9.17) is 0 Å². The molecule has 1 unspecified atom stereocenters. The van der Waals surface area contributed by atoms with Gasteiger partial charge in [-0.1, -0.05) is 0 Å². The fourth-order valence-corrected chi connectivity index (χ4v) is 1.74. The summed E-state index contributed by atoms with van der Waals surface area (Å²) in [5.74, 6) is -0.395. The van der Waals surface area contributed by atoms with Gasteiger partial charge in [0.05, 0.1) is 12.1 Å². The third-order valence-electron chi connectivity index (χ3n) is 2.83. The van der Waals surface area contributed by atoms with E-state index in [1.165, 1.54) is 24.3 Å². The van der Waals surface area contributed by atoms with E-state index >= 15 is 0 Å². The Morgan fingerprint density at radius 3 is 2.16 bits per heavy atom. The van der Waals surface area contributed by atoms with Crippen molar-refractivity contribution in [3.63, 3.8) is 0 Å². The highest BCUT2D eigenvalue weighted by atomic mass is 19.4. The van der Waals surface area contributed by atoms with Crippen molar-refractivity contribution in [3.8, 4) is 0 Å². The van der Waals surface area contributed by atoms with Gasteiger partial charge in [-0.25, -0.2) is 4.39 Å². The Morgan fingerprint density at radius 2 is 1.68 bits per heavy atom. The van der Waals surface area contributed by atoms with Crippen molar-refractivity contribution in [1.29, 1.82) is 0 Å². The SMILES string of the molecule is CC(CO)(CCCC(F)(F)F)Nc1ccc(F)cc1. The molecule has 0 spiro atoms. The molecule has 0 aliphatic rings. The molecule has 0 saturated carbocycles. The number of halogens is 4. The molecule has 0 saturated heterocycles. The van der Waals surface area contributed by atoms with Crippen molar-refractivity contribution in [2.24, 2.45) is 0 Å². The second-order valence-corrected chi connectivity index (χ2v) is 4.82. The number of aliphatic hydroxyl groups is 1. The van der Waals surface area contributed by atoms with Crippen LogP contribution in [0.15, 0.2) is 24.3 Å². The standard InChI is InChI=1S/C13H17F4NO/c1-12(9-19,7-2-8-13(15,16)17)18-11-5-3-10(14)4-6-11/h3-6,18-19H,2,7-9H2,1H3. The Kier molecular flexibility index (Phi) is 5.17. The Hall–Kier alpha value is -1.30. The van der Waals surface area contributed by atoms with E-state index in [2.05, 4.69) is 5.32 Å². The molecular formula is C13H17F4NO. The van der Waals surface area contributed by atoms with E-state index in [-0.39, 0.29) is 19.4 Å². The number of anilines is 1. The number of rotatable bonds is 6. The molecule has 0 amide bonds. The van der Waals surface area contributed by atoms with Crippen molar-refractivity contribution >= 4 is 5.69 Å². The van der Waals surface area contributed by atoms with Crippen molar-refractivity contribution < 1.29 is 22.7 Å². The highest BCUT2D eigenvalue weighted by Gasteiger charge is 2.29. The van der Waals surface area contributed by atoms with Crippen LogP contribution in [0, 0.1) is 5.82 Å². The lowest BCUT2D eigenvalue weighted by atomic mass is 9.95. The second kappa shape index (κ2) is 6.23. The van der Waals surface area contributed by atoms with Crippen LogP contribution in [0.25, 0.3) is 0 Å². The summed E-state index contributed by atoms with van der Waals surface area (Å²) in [4.78, 5) is 0. The number of aliphatic hydroxyl groups excluding tert-OH is 1. The van der Waals surface area contributed by atoms with E-state index in [0.717, 1.165) is 0 Å². The molecule has 0 radical (unpaired) electrons. The minimum absolute atomic E-state index is 0.0746. The van der Waals surface area contributed by atoms with Gasteiger partial charge in [0.1, 0.15) is 5.82 Å². The minimum atomic E-state index is -4.19. The molecule has 2 N–H and O–H groups in total. The molecule has 1 aromatic carbocycles. The van der Waals surface area contributed by atoms with Gasteiger partial charge in [0, 0.05) is 12.1 Å². The third-order valence-corrected chi connectivity index (χ3v) is 2.83. The normalized spacial score (nSPS) is 15.1. The van der Waals surface area contributed by atoms with Gasteiger partial charge in [0.15, 0.2) is 0 Å². The van der Waals surface area contributed by atoms with Crippen LogP contribution in [-0.4, -0.2) is 23.4 Å². The van der Waals surface area contributed by atoms with Gasteiger partial charge in [-0.15, -0.1) is 0 Å². The molecular weight excluding hydrogens is 262 g/mol. The van der Waals surface area contributed by atoms with Crippen LogP contribution >= 0.6 is 0 Å². The summed E-state index contributed by atoms with van der Waals surface area (Å²) in [6.07, 6.45) is -4.98. The lowest BCUT2D eigenvalue weighted by Gasteiger charge is -2.30. The predicted octanol–water partition coefficient (Wildman–Crippen LogP) is 3.72. The number of nitrogens with one attached hydrogen (secondary N) is 1. The van der Waals surface area contributed by atoms with Crippen LogP contribution in [0.1, 0.15) is 26.2 Å². The van der Waals surface area contributed by atoms with Crippen LogP contribution in [-0.2, 0) is 0 Å². The third kappa shape index (κ3) is 5.92. The van der Waals surface area contributed by atoms with Crippen LogP contribution in [0.4, 0.5) is 23.2 Å². The summed E-state index contributed by atoms with van der Waals surface area (Å²) in [7, 11) is 0. The maximum absolute atomic E-state index is 12.7. The van der Waals surface area contributed by atoms with Gasteiger partial charge in [-0.05, 0) is 44.0 Å². The molecule has 1 rings (SSSR count). The van der Waals surface area contributed by atoms with E-state index < -0.39 is 24.0 Å². The lowest BCUT2D eigenvalue weighted by Crippen LogP contribution is -2.39. The average Bonchev–Trinajstić information content (AvgIpc) is 2.30. The number of alkyl halides is 3. The maximum Gasteiger partial charge on any atom is 0.389 e. The first-order chi connectivity index (χ1) is 8.74. The van der Waals surface area contributed by atoms with Crippen molar-refractivity contribution in [3.05, 3.63) is 30.1 Å². The van der Waals surface area contributed by atoms with Gasteiger partial charge in [-0.3, -0.25) is 0 Å². The maximum atomic E-state index is 12.7. The Balaban J connectivity index is 2.57. The fourth-order valence-electron chi connectivity index (χ4n) is 1.74. The minimum Gasteiger partial charge on any atom is -0.394 e. The molecule has 6 heteroatoms. The summed E-state index contributed by atoms with van der Waals surface area (Å²) >= 11 is 0. The van der Waals surface area contributed by atoms with Gasteiger partial charge in [0.25, 0.3) is 0 Å². The average molecular weight is 279 g/mol. The molecule has 108 valence electrons. The monoisotopic (exact) mass is 279 g/mol. The zero-order valence-corrected chi connectivity index (χ0v) is 10.6. The number of hydrogen-bond acceptors (Lipinski definition) is 2. The molecule has 0 aliphatic carbocycles. The first-order valence-corrected chi connectivity index (χ1v) is 5.95. The summed E-state index contributed by atoms with van der Waals surface area (Å²) in [6, 6.07) is 5.45. The topological polar surface area (TPSA) is 32.3 Å². The smallest absolute Gasteiger partial charge is 0.389 e. The van der Waals surface area contributed by atoms with Gasteiger partial charge >= 0.3 is 6.18 Å². The first-order valence-electron chi connectivity index (χ1n) is 5.95. The lowest BCUT2D eigenvalue weighted by molar-refractivity contribution is -0.136. The molecule has 0 heterocycles. The molecule has 0 aliphatic heterocycles. The Morgan fingerprint density at radius 1 is 1.11 bits per heavy atom. The van der Waals surface area contributed by atoms with Crippen LogP contribution in [0.5, 0.6) is 0 Å². The summed E-state index contributed by atoms with van der Waals surface area (Å²) in [5, 5.41) is 12.2. The zero-order valence-electron chi connectivity index (χ0n) is 10.6. The molecule has 2 nitrogen and oxygen atoms in total. The van der Waals surface area contributed by atoms with Gasteiger partial charge < -0.3 is 10.4 Å². The molecule has 19 heavy (non-hydrogen) atoms. The Bertz CT molecular complexity index is 391. The highest BCUT2D eigenvalue weighted by molar-refractivity contribution is 5.45. The fraction of sp³-hybridized carbons (Fsp3) is 0.538. The van der Waals surface area contributed by atoms with Crippen LogP contribution in [0.3, 0.4) is 0 Å². The largest absolute Gasteiger partial charge is 0.394 e. The summed E-state index contributed by atoms with van der Waals surface area (Å²) in [5.41, 5.74) is -0.298. The number of hydrogen-bond donors (Lipinski definition) is 2. The second-order valence-electron chi connectivity index (χ2n) is 4.82. The zero-order chi connectivity index (χ0) is 14.5. The quantitative estimate of drug-likeness (QED) is 0.778. The molecule has 1 aromatic rings. The first kappa shape index (κ1) is 15.8. The van der Waals surface area contributed by atoms with E-state index in [9.17, 15) is 22.7 Å². The number of benzene rings is 1. The van der Waals surface area contributed by atoms with Crippen molar-refractivity contribution in [2.75, 3.05) is 11.9 Å². The molecule has 0 bridgehead atoms.